The fraction of sp³-hybridized carbons (Fsp3) is 0.714. The van der Waals surface area contributed by atoms with Gasteiger partial charge in [-0.3, -0.25) is 9.59 Å². The molecule has 12 heavy (non-hydrogen) atoms. The van der Waals surface area contributed by atoms with Crippen molar-refractivity contribution in [1.82, 2.24) is 5.32 Å². The largest absolute Gasteiger partial charge is 0.481 e. The van der Waals surface area contributed by atoms with E-state index in [9.17, 15) is 9.59 Å². The minimum Gasteiger partial charge on any atom is -0.481 e. The van der Waals surface area contributed by atoms with Gasteiger partial charge in [0.1, 0.15) is 6.04 Å². The minimum absolute atomic E-state index is 0.201. The molecule has 0 unspecified atom stereocenters. The fourth-order valence-corrected chi connectivity index (χ4v) is 1.99. The van der Waals surface area contributed by atoms with E-state index in [1.54, 1.807) is 0 Å². The van der Waals surface area contributed by atoms with Crippen molar-refractivity contribution in [2.45, 2.75) is 12.5 Å². The number of hydrogen-bond donors (Lipinski definition) is 3. The molecule has 0 aromatic carbocycles. The van der Waals surface area contributed by atoms with Crippen LogP contribution in [-0.2, 0) is 9.59 Å². The van der Waals surface area contributed by atoms with E-state index in [0.717, 1.165) is 0 Å². The Morgan fingerprint density at radius 2 is 2.08 bits per heavy atom. The first-order valence-corrected chi connectivity index (χ1v) is 3.77. The zero-order valence-corrected chi connectivity index (χ0v) is 6.28. The molecule has 0 amide bonds. The summed E-state index contributed by atoms with van der Waals surface area (Å²) in [6, 6.07) is -0.652. The van der Waals surface area contributed by atoms with Gasteiger partial charge >= 0.3 is 11.9 Å². The third-order valence-electron chi connectivity index (χ3n) is 2.87. The van der Waals surface area contributed by atoms with Gasteiger partial charge in [0.15, 0.2) is 0 Å². The number of piperidine rings is 1. The highest BCUT2D eigenvalue weighted by Crippen LogP contribution is 2.57. The molecule has 1 saturated carbocycles. The van der Waals surface area contributed by atoms with Crippen LogP contribution >= 0.6 is 0 Å². The molecule has 1 heterocycles. The Balaban J connectivity index is 2.15. The molecule has 0 bridgehead atoms. The molecule has 1 saturated heterocycles. The van der Waals surface area contributed by atoms with E-state index in [1.165, 1.54) is 0 Å². The molecule has 0 aromatic heterocycles. The second kappa shape index (κ2) is 1.98. The summed E-state index contributed by atoms with van der Waals surface area (Å²) in [4.78, 5) is 21.2. The van der Waals surface area contributed by atoms with Gasteiger partial charge < -0.3 is 15.5 Å². The molecule has 3 N–H and O–H groups in total. The lowest BCUT2D eigenvalue weighted by Gasteiger charge is -2.05. The van der Waals surface area contributed by atoms with E-state index < -0.39 is 23.4 Å². The summed E-state index contributed by atoms with van der Waals surface area (Å²) < 4.78 is 0. The number of carbonyl (C=O) groups is 2. The predicted molar refractivity (Wildman–Crippen MR) is 37.6 cm³/mol. The Hall–Kier alpha value is -1.10. The lowest BCUT2D eigenvalue weighted by molar-refractivity contribution is -0.143. The maximum Gasteiger partial charge on any atom is 0.321 e. The van der Waals surface area contributed by atoms with Gasteiger partial charge in [-0.1, -0.05) is 0 Å². The van der Waals surface area contributed by atoms with Crippen LogP contribution < -0.4 is 5.32 Å². The Kier molecular flexibility index (Phi) is 1.24. The van der Waals surface area contributed by atoms with Crippen molar-refractivity contribution in [2.24, 2.45) is 11.3 Å². The molecule has 1 aliphatic heterocycles. The topological polar surface area (TPSA) is 86.6 Å². The predicted octanol–water partition coefficient (Wildman–Crippen LogP) is -0.866. The summed E-state index contributed by atoms with van der Waals surface area (Å²) in [5.41, 5.74) is -0.761. The van der Waals surface area contributed by atoms with Crippen LogP contribution in [-0.4, -0.2) is 34.7 Å². The molecular weight excluding hydrogens is 162 g/mol. The molecule has 5 nitrogen and oxygen atoms in total. The molecule has 2 rings (SSSR count). The average Bonchev–Trinajstić information content (AvgIpc) is 2.58. The Morgan fingerprint density at radius 1 is 1.42 bits per heavy atom. The van der Waals surface area contributed by atoms with Gasteiger partial charge in [-0.2, -0.15) is 0 Å². The molecule has 3 atom stereocenters. The zero-order valence-electron chi connectivity index (χ0n) is 6.28. The number of carboxylic acids is 2. The second-order valence-electron chi connectivity index (χ2n) is 3.47. The van der Waals surface area contributed by atoms with Crippen molar-refractivity contribution in [2.75, 3.05) is 6.54 Å². The van der Waals surface area contributed by atoms with Crippen molar-refractivity contribution >= 4 is 11.9 Å². The molecule has 0 spiro atoms. The highest BCUT2D eigenvalue weighted by Gasteiger charge is 2.68. The first kappa shape index (κ1) is 7.54. The summed E-state index contributed by atoms with van der Waals surface area (Å²) >= 11 is 0. The maximum absolute atomic E-state index is 10.7. The number of aliphatic carboxylic acids is 2. The third kappa shape index (κ3) is 0.714. The fourth-order valence-electron chi connectivity index (χ4n) is 1.99. The summed E-state index contributed by atoms with van der Waals surface area (Å²) in [6.07, 6.45) is 0.506. The number of hydrogen-bond acceptors (Lipinski definition) is 3. The van der Waals surface area contributed by atoms with E-state index in [1.807, 2.05) is 0 Å². The monoisotopic (exact) mass is 171 g/mol. The van der Waals surface area contributed by atoms with E-state index in [-0.39, 0.29) is 5.92 Å². The van der Waals surface area contributed by atoms with Gasteiger partial charge in [-0.25, -0.2) is 0 Å². The van der Waals surface area contributed by atoms with Gasteiger partial charge in [0.05, 0.1) is 5.41 Å². The average molecular weight is 171 g/mol. The number of fused-ring (bicyclic) bond motifs is 1. The van der Waals surface area contributed by atoms with Crippen LogP contribution in [0.25, 0.3) is 0 Å². The van der Waals surface area contributed by atoms with E-state index in [4.69, 9.17) is 10.2 Å². The Labute approximate surface area is 68.4 Å². The highest BCUT2D eigenvalue weighted by atomic mass is 16.4. The van der Waals surface area contributed by atoms with Crippen LogP contribution in [0.5, 0.6) is 0 Å². The molecule has 2 aliphatic rings. The van der Waals surface area contributed by atoms with Crippen LogP contribution in [0, 0.1) is 11.3 Å². The molecule has 2 fully saturated rings. The van der Waals surface area contributed by atoms with Crippen molar-refractivity contribution in [3.05, 3.63) is 0 Å². The summed E-state index contributed by atoms with van der Waals surface area (Å²) in [6.45, 7) is 0.296. The number of nitrogens with one attached hydrogen (secondary N) is 1. The summed E-state index contributed by atoms with van der Waals surface area (Å²) in [5.74, 6) is -2.02. The zero-order chi connectivity index (χ0) is 8.93. The number of carboxylic acid groups (broad SMARTS) is 2. The summed E-state index contributed by atoms with van der Waals surface area (Å²) in [7, 11) is 0. The summed E-state index contributed by atoms with van der Waals surface area (Å²) in [5, 5.41) is 20.1. The van der Waals surface area contributed by atoms with E-state index in [0.29, 0.717) is 13.0 Å². The maximum atomic E-state index is 10.7. The normalized spacial score (nSPS) is 43.7. The van der Waals surface area contributed by atoms with E-state index in [2.05, 4.69) is 5.32 Å². The van der Waals surface area contributed by atoms with Crippen molar-refractivity contribution in [3.8, 4) is 0 Å². The van der Waals surface area contributed by atoms with Gasteiger partial charge in [0.25, 0.3) is 0 Å². The quantitative estimate of drug-likeness (QED) is 0.503. The molecular formula is C7H9NO4. The highest BCUT2D eigenvalue weighted by molar-refractivity contribution is 5.85. The Bertz CT molecular complexity index is 264. The van der Waals surface area contributed by atoms with Gasteiger partial charge in [-0.15, -0.1) is 0 Å². The van der Waals surface area contributed by atoms with Gasteiger partial charge in [0, 0.05) is 12.5 Å². The lowest BCUT2D eigenvalue weighted by Crippen LogP contribution is -2.34. The molecule has 0 aromatic rings. The molecule has 5 heteroatoms. The SMILES string of the molecule is O=C(O)[C@H]1NC[C@@]2(C(=O)O)C[C@@H]12. The van der Waals surface area contributed by atoms with Crippen molar-refractivity contribution in [3.63, 3.8) is 0 Å². The van der Waals surface area contributed by atoms with Crippen LogP contribution in [0.2, 0.25) is 0 Å². The molecule has 66 valence electrons. The van der Waals surface area contributed by atoms with Gasteiger partial charge in [-0.05, 0) is 6.42 Å². The molecule has 1 aliphatic carbocycles. The van der Waals surface area contributed by atoms with Crippen molar-refractivity contribution < 1.29 is 19.8 Å². The smallest absolute Gasteiger partial charge is 0.321 e. The van der Waals surface area contributed by atoms with Crippen LogP contribution in [0.3, 0.4) is 0 Å². The van der Waals surface area contributed by atoms with Gasteiger partial charge in [0.2, 0.25) is 0 Å². The lowest BCUT2D eigenvalue weighted by atomic mass is 10.1. The van der Waals surface area contributed by atoms with Crippen molar-refractivity contribution in [1.29, 1.82) is 0 Å². The first-order valence-electron chi connectivity index (χ1n) is 3.77. The van der Waals surface area contributed by atoms with Crippen LogP contribution in [0.15, 0.2) is 0 Å². The van der Waals surface area contributed by atoms with Crippen LogP contribution in [0.4, 0.5) is 0 Å². The number of rotatable bonds is 2. The molecule has 0 radical (unpaired) electrons. The second-order valence-corrected chi connectivity index (χ2v) is 3.47. The van der Waals surface area contributed by atoms with E-state index >= 15 is 0 Å². The standard InChI is InChI=1S/C7H9NO4/c9-5(10)4-3-1-7(3,2-8-4)6(11)12/h3-4,8H,1-2H2,(H,9,10)(H,11,12)/t3-,4-,7-/m0/s1. The first-order chi connectivity index (χ1) is 5.58. The third-order valence-corrected chi connectivity index (χ3v) is 2.87. The van der Waals surface area contributed by atoms with Crippen LogP contribution in [0.1, 0.15) is 6.42 Å². The Morgan fingerprint density at radius 3 is 2.33 bits per heavy atom. The minimum atomic E-state index is -0.944.